The molecule has 0 aliphatic carbocycles. The maximum Gasteiger partial charge on any atom is 0.326 e. The summed E-state index contributed by atoms with van der Waals surface area (Å²) in [5.41, 5.74) is 4.83. The highest BCUT2D eigenvalue weighted by molar-refractivity contribution is 6.14. The average Bonchev–Trinajstić information content (AvgIpc) is 3.19. The van der Waals surface area contributed by atoms with Gasteiger partial charge < -0.3 is 14.6 Å². The Bertz CT molecular complexity index is 1150. The van der Waals surface area contributed by atoms with Crippen molar-refractivity contribution in [3.63, 3.8) is 0 Å². The van der Waals surface area contributed by atoms with Crippen molar-refractivity contribution in [3.05, 3.63) is 88.6 Å². The zero-order chi connectivity index (χ0) is 21.3. The van der Waals surface area contributed by atoms with Crippen LogP contribution in [0.1, 0.15) is 22.5 Å². The van der Waals surface area contributed by atoms with Crippen LogP contribution < -0.4 is 15.4 Å². The molecule has 1 aliphatic heterocycles. The number of halogens is 1. The van der Waals surface area contributed by atoms with Crippen LogP contribution in [0.15, 0.2) is 60.3 Å². The highest BCUT2D eigenvalue weighted by Gasteiger charge is 2.23. The lowest BCUT2D eigenvalue weighted by molar-refractivity contribution is -0.115. The number of rotatable bonds is 5. The molecule has 1 aliphatic rings. The van der Waals surface area contributed by atoms with Gasteiger partial charge >= 0.3 is 6.03 Å². The van der Waals surface area contributed by atoms with Gasteiger partial charge in [-0.2, -0.15) is 0 Å². The molecule has 4 rings (SSSR count). The Morgan fingerprint density at radius 2 is 1.70 bits per heavy atom. The van der Waals surface area contributed by atoms with E-state index in [0.29, 0.717) is 12.4 Å². The molecular weight excluding hydrogens is 385 g/mol. The topological polar surface area (TPSA) is 72.4 Å². The van der Waals surface area contributed by atoms with Gasteiger partial charge in [-0.05, 0) is 73.5 Å². The minimum atomic E-state index is -0.517. The Hall–Kier alpha value is -3.87. The average molecular weight is 405 g/mol. The first kappa shape index (κ1) is 19.4. The van der Waals surface area contributed by atoms with Gasteiger partial charge in [-0.3, -0.25) is 10.1 Å². The predicted molar refractivity (Wildman–Crippen MR) is 111 cm³/mol. The summed E-state index contributed by atoms with van der Waals surface area (Å²) in [7, 11) is 0. The molecule has 0 atom stereocenters. The highest BCUT2D eigenvalue weighted by atomic mass is 19.1. The molecule has 7 heteroatoms. The second-order valence-electron chi connectivity index (χ2n) is 7.04. The van der Waals surface area contributed by atoms with Gasteiger partial charge in [0, 0.05) is 17.1 Å². The number of imide groups is 1. The molecule has 1 fully saturated rings. The monoisotopic (exact) mass is 405 g/mol. The van der Waals surface area contributed by atoms with Gasteiger partial charge in [0.25, 0.3) is 5.91 Å². The number of urea groups is 1. The van der Waals surface area contributed by atoms with E-state index in [4.69, 9.17) is 4.74 Å². The quantitative estimate of drug-likeness (QED) is 0.498. The lowest BCUT2D eigenvalue weighted by Crippen LogP contribution is -2.22. The Morgan fingerprint density at radius 3 is 2.33 bits per heavy atom. The molecule has 30 heavy (non-hydrogen) atoms. The third-order valence-electron chi connectivity index (χ3n) is 4.90. The van der Waals surface area contributed by atoms with Gasteiger partial charge in [0.15, 0.2) is 0 Å². The van der Waals surface area contributed by atoms with Crippen LogP contribution >= 0.6 is 0 Å². The van der Waals surface area contributed by atoms with E-state index in [1.165, 1.54) is 12.1 Å². The number of benzene rings is 2. The van der Waals surface area contributed by atoms with Crippen molar-refractivity contribution < 1.29 is 18.7 Å². The van der Waals surface area contributed by atoms with Gasteiger partial charge in [0.1, 0.15) is 23.9 Å². The lowest BCUT2D eigenvalue weighted by atomic mass is 10.2. The van der Waals surface area contributed by atoms with Crippen LogP contribution in [0, 0.1) is 19.7 Å². The van der Waals surface area contributed by atoms with Crippen LogP contribution in [0.4, 0.5) is 9.18 Å². The molecular formula is C23H20FN3O3. The molecule has 0 unspecified atom stereocenters. The number of hydrogen-bond donors (Lipinski definition) is 2. The Balaban J connectivity index is 1.52. The van der Waals surface area contributed by atoms with E-state index in [2.05, 4.69) is 15.2 Å². The number of aryl methyl sites for hydroxylation is 1. The van der Waals surface area contributed by atoms with Crippen LogP contribution in [0.3, 0.4) is 0 Å². The maximum absolute atomic E-state index is 13.0. The van der Waals surface area contributed by atoms with E-state index in [0.717, 1.165) is 28.2 Å². The third kappa shape index (κ3) is 3.96. The number of amides is 3. The first-order valence-corrected chi connectivity index (χ1v) is 9.41. The molecule has 2 N–H and O–H groups in total. The normalized spacial score (nSPS) is 14.7. The summed E-state index contributed by atoms with van der Waals surface area (Å²) in [6.45, 7) is 4.28. The van der Waals surface area contributed by atoms with Crippen LogP contribution in [0.5, 0.6) is 5.75 Å². The number of nitrogens with zero attached hydrogens (tertiary/aromatic N) is 1. The van der Waals surface area contributed by atoms with Crippen molar-refractivity contribution >= 4 is 18.0 Å². The highest BCUT2D eigenvalue weighted by Crippen LogP contribution is 2.25. The fraction of sp³-hybridized carbons (Fsp3) is 0.130. The molecule has 6 nitrogen and oxygen atoms in total. The second-order valence-corrected chi connectivity index (χ2v) is 7.04. The van der Waals surface area contributed by atoms with E-state index in [1.807, 2.05) is 44.2 Å². The molecule has 2 aromatic carbocycles. The van der Waals surface area contributed by atoms with Gasteiger partial charge in [0.05, 0.1) is 0 Å². The van der Waals surface area contributed by atoms with Crippen molar-refractivity contribution in [1.82, 2.24) is 15.2 Å². The smallest absolute Gasteiger partial charge is 0.326 e. The number of nitrogens with one attached hydrogen (secondary N) is 2. The second kappa shape index (κ2) is 7.87. The Morgan fingerprint density at radius 1 is 1.00 bits per heavy atom. The fourth-order valence-corrected chi connectivity index (χ4v) is 3.41. The molecule has 3 aromatic rings. The summed E-state index contributed by atoms with van der Waals surface area (Å²) >= 11 is 0. The minimum Gasteiger partial charge on any atom is -0.489 e. The molecule has 3 amide bonds. The summed E-state index contributed by atoms with van der Waals surface area (Å²) in [6, 6.07) is 15.3. The number of hydrogen-bond acceptors (Lipinski definition) is 3. The summed E-state index contributed by atoms with van der Waals surface area (Å²) in [5.74, 6) is -0.00260. The van der Waals surface area contributed by atoms with Crippen molar-refractivity contribution in [2.24, 2.45) is 0 Å². The van der Waals surface area contributed by atoms with E-state index in [1.54, 1.807) is 18.2 Å². The van der Waals surface area contributed by atoms with Gasteiger partial charge in [-0.25, -0.2) is 9.18 Å². The standard InChI is InChI=1S/C23H20FN3O3/c1-14-11-17(12-21-22(28)26-23(29)25-21)15(2)27(14)19-7-9-20(10-8-19)30-13-16-3-5-18(24)6-4-16/h3-12H,13H2,1-2H3,(H2,25,26,28,29)/b21-12-. The SMILES string of the molecule is Cc1cc(/C=C2\NC(=O)NC2=O)c(C)n1-c1ccc(OCc2ccc(F)cc2)cc1. The van der Waals surface area contributed by atoms with Crippen molar-refractivity contribution in [2.45, 2.75) is 20.5 Å². The van der Waals surface area contributed by atoms with Gasteiger partial charge in [-0.1, -0.05) is 12.1 Å². The third-order valence-corrected chi connectivity index (χ3v) is 4.90. The maximum atomic E-state index is 13.0. The zero-order valence-corrected chi connectivity index (χ0v) is 16.5. The minimum absolute atomic E-state index is 0.227. The van der Waals surface area contributed by atoms with E-state index in [9.17, 15) is 14.0 Å². The number of ether oxygens (including phenoxy) is 1. The van der Waals surface area contributed by atoms with Crippen LogP contribution in [0.25, 0.3) is 11.8 Å². The van der Waals surface area contributed by atoms with Crippen LogP contribution in [-0.4, -0.2) is 16.5 Å². The van der Waals surface area contributed by atoms with Crippen molar-refractivity contribution in [1.29, 1.82) is 0 Å². The lowest BCUT2D eigenvalue weighted by Gasteiger charge is -2.11. The number of aromatic nitrogens is 1. The van der Waals surface area contributed by atoms with E-state index >= 15 is 0 Å². The van der Waals surface area contributed by atoms with E-state index in [-0.39, 0.29) is 11.5 Å². The molecule has 2 heterocycles. The Kier molecular flexibility index (Phi) is 5.10. The first-order valence-electron chi connectivity index (χ1n) is 9.41. The van der Waals surface area contributed by atoms with E-state index < -0.39 is 11.9 Å². The fourth-order valence-electron chi connectivity index (χ4n) is 3.41. The molecule has 1 saturated heterocycles. The van der Waals surface area contributed by atoms with Crippen LogP contribution in [-0.2, 0) is 11.4 Å². The summed E-state index contributed by atoms with van der Waals surface area (Å²) in [4.78, 5) is 23.1. The number of carbonyl (C=O) groups is 2. The molecule has 0 bridgehead atoms. The van der Waals surface area contributed by atoms with Crippen molar-refractivity contribution in [2.75, 3.05) is 0 Å². The van der Waals surface area contributed by atoms with Crippen molar-refractivity contribution in [3.8, 4) is 11.4 Å². The summed E-state index contributed by atoms with van der Waals surface area (Å²) in [5, 5.41) is 4.70. The molecule has 1 aromatic heterocycles. The zero-order valence-electron chi connectivity index (χ0n) is 16.5. The summed E-state index contributed by atoms with van der Waals surface area (Å²) in [6.07, 6.45) is 1.67. The summed E-state index contributed by atoms with van der Waals surface area (Å²) < 4.78 is 20.8. The largest absolute Gasteiger partial charge is 0.489 e. The predicted octanol–water partition coefficient (Wildman–Crippen LogP) is 3.99. The molecule has 0 radical (unpaired) electrons. The van der Waals surface area contributed by atoms with Gasteiger partial charge in [0.2, 0.25) is 0 Å². The van der Waals surface area contributed by atoms with Gasteiger partial charge in [-0.15, -0.1) is 0 Å². The number of carbonyl (C=O) groups excluding carboxylic acids is 2. The van der Waals surface area contributed by atoms with Crippen LogP contribution in [0.2, 0.25) is 0 Å². The molecule has 152 valence electrons. The first-order chi connectivity index (χ1) is 14.4. The Labute approximate surface area is 173 Å². The molecule has 0 spiro atoms. The molecule has 0 saturated carbocycles.